The highest BCUT2D eigenvalue weighted by Gasteiger charge is 2.15. The Morgan fingerprint density at radius 2 is 1.29 bits per heavy atom. The van der Waals surface area contributed by atoms with E-state index in [-0.39, 0.29) is 18.2 Å². The number of nitrogens with one attached hydrogen (secondary N) is 2. The van der Waals surface area contributed by atoms with E-state index >= 15 is 0 Å². The Morgan fingerprint density at radius 1 is 0.750 bits per heavy atom. The number of rotatable bonds is 5. The zero-order chi connectivity index (χ0) is 20.1. The van der Waals surface area contributed by atoms with E-state index in [1.807, 2.05) is 75.4 Å². The van der Waals surface area contributed by atoms with Crippen molar-refractivity contribution in [2.24, 2.45) is 0 Å². The number of para-hydroxylation sites is 2. The second kappa shape index (κ2) is 8.53. The van der Waals surface area contributed by atoms with Crippen molar-refractivity contribution in [2.45, 2.75) is 27.2 Å². The van der Waals surface area contributed by atoms with Crippen LogP contribution < -0.4 is 10.6 Å². The van der Waals surface area contributed by atoms with E-state index in [0.717, 1.165) is 22.3 Å². The lowest BCUT2D eigenvalue weighted by molar-refractivity contribution is -0.115. The molecule has 3 aromatic carbocycles. The molecule has 28 heavy (non-hydrogen) atoms. The molecular weight excluding hydrogens is 348 g/mol. The van der Waals surface area contributed by atoms with Crippen LogP contribution in [0.25, 0.3) is 0 Å². The molecule has 0 fully saturated rings. The van der Waals surface area contributed by atoms with Crippen LogP contribution in [-0.2, 0) is 11.2 Å². The summed E-state index contributed by atoms with van der Waals surface area (Å²) in [7, 11) is 0. The van der Waals surface area contributed by atoms with Crippen LogP contribution in [0.4, 0.5) is 11.4 Å². The van der Waals surface area contributed by atoms with Crippen molar-refractivity contribution in [3.8, 4) is 0 Å². The molecule has 3 aromatic rings. The van der Waals surface area contributed by atoms with Gasteiger partial charge in [0.05, 0.1) is 17.8 Å². The maximum atomic E-state index is 12.9. The first-order valence-corrected chi connectivity index (χ1v) is 9.26. The van der Waals surface area contributed by atoms with Crippen molar-refractivity contribution in [3.05, 3.63) is 94.5 Å². The Balaban J connectivity index is 1.77. The number of carbonyl (C=O) groups excluding carboxylic acids is 2. The lowest BCUT2D eigenvalue weighted by Gasteiger charge is -2.15. The van der Waals surface area contributed by atoms with Gasteiger partial charge >= 0.3 is 0 Å². The largest absolute Gasteiger partial charge is 0.324 e. The van der Waals surface area contributed by atoms with Gasteiger partial charge in [0, 0.05) is 5.56 Å². The van der Waals surface area contributed by atoms with E-state index in [2.05, 4.69) is 10.6 Å². The van der Waals surface area contributed by atoms with E-state index < -0.39 is 0 Å². The first kappa shape index (κ1) is 19.4. The molecule has 0 bridgehead atoms. The quantitative estimate of drug-likeness (QED) is 0.659. The molecule has 0 radical (unpaired) electrons. The van der Waals surface area contributed by atoms with Gasteiger partial charge in [0.15, 0.2) is 0 Å². The lowest BCUT2D eigenvalue weighted by Crippen LogP contribution is -2.19. The summed E-state index contributed by atoms with van der Waals surface area (Å²) in [5.74, 6) is -0.310. The fraction of sp³-hybridized carbons (Fsp3) is 0.167. The Hall–Kier alpha value is -3.40. The summed E-state index contributed by atoms with van der Waals surface area (Å²) in [6, 6.07) is 20.8. The van der Waals surface area contributed by atoms with Gasteiger partial charge in [-0.25, -0.2) is 0 Å². The lowest BCUT2D eigenvalue weighted by atomic mass is 9.99. The molecule has 0 saturated carbocycles. The Morgan fingerprint density at radius 3 is 1.89 bits per heavy atom. The number of hydrogen-bond donors (Lipinski definition) is 2. The molecular formula is C24H24N2O2. The standard InChI is InChI=1S/C24H24N2O2/c1-16-13-17(2)23(18(3)14-16)24(28)26-21-12-8-7-11-20(21)25-22(27)15-19-9-5-4-6-10-19/h4-14H,15H2,1-3H3,(H,25,27)(H,26,28). The SMILES string of the molecule is Cc1cc(C)c(C(=O)Nc2ccccc2NC(=O)Cc2ccccc2)c(C)c1. The zero-order valence-electron chi connectivity index (χ0n) is 16.4. The highest BCUT2D eigenvalue weighted by atomic mass is 16.2. The summed E-state index contributed by atoms with van der Waals surface area (Å²) in [6.07, 6.45) is 0.277. The fourth-order valence-corrected chi connectivity index (χ4v) is 3.40. The van der Waals surface area contributed by atoms with Crippen LogP contribution in [0.15, 0.2) is 66.7 Å². The molecule has 2 N–H and O–H groups in total. The van der Waals surface area contributed by atoms with Crippen LogP contribution >= 0.6 is 0 Å². The van der Waals surface area contributed by atoms with Crippen molar-refractivity contribution in [1.82, 2.24) is 0 Å². The molecule has 0 saturated heterocycles. The average Bonchev–Trinajstić information content (AvgIpc) is 2.63. The van der Waals surface area contributed by atoms with E-state index in [0.29, 0.717) is 16.9 Å². The van der Waals surface area contributed by atoms with Crippen molar-refractivity contribution in [3.63, 3.8) is 0 Å². The van der Waals surface area contributed by atoms with Gasteiger partial charge in [0.1, 0.15) is 0 Å². The van der Waals surface area contributed by atoms with Crippen molar-refractivity contribution < 1.29 is 9.59 Å². The monoisotopic (exact) mass is 372 g/mol. The minimum absolute atomic E-state index is 0.129. The molecule has 0 atom stereocenters. The maximum Gasteiger partial charge on any atom is 0.256 e. The van der Waals surface area contributed by atoms with Crippen molar-refractivity contribution in [2.75, 3.05) is 10.6 Å². The smallest absolute Gasteiger partial charge is 0.256 e. The maximum absolute atomic E-state index is 12.9. The van der Waals surface area contributed by atoms with Gasteiger partial charge in [-0.15, -0.1) is 0 Å². The predicted molar refractivity (Wildman–Crippen MR) is 114 cm³/mol. The summed E-state index contributed by atoms with van der Waals surface area (Å²) in [6.45, 7) is 5.88. The van der Waals surface area contributed by atoms with E-state index in [1.165, 1.54) is 0 Å². The van der Waals surface area contributed by atoms with Crippen molar-refractivity contribution >= 4 is 23.2 Å². The summed E-state index contributed by atoms with van der Waals surface area (Å²) >= 11 is 0. The summed E-state index contributed by atoms with van der Waals surface area (Å²) in [4.78, 5) is 25.3. The topological polar surface area (TPSA) is 58.2 Å². The fourth-order valence-electron chi connectivity index (χ4n) is 3.40. The second-order valence-corrected chi connectivity index (χ2v) is 6.98. The van der Waals surface area contributed by atoms with Gasteiger partial charge in [0.2, 0.25) is 5.91 Å². The summed E-state index contributed by atoms with van der Waals surface area (Å²) in [5, 5.41) is 5.84. The van der Waals surface area contributed by atoms with Gasteiger partial charge in [-0.3, -0.25) is 9.59 Å². The molecule has 0 heterocycles. The Labute approximate surface area is 165 Å². The molecule has 4 nitrogen and oxygen atoms in total. The van der Waals surface area contributed by atoms with E-state index in [4.69, 9.17) is 0 Å². The Kier molecular flexibility index (Phi) is 5.90. The van der Waals surface area contributed by atoms with Crippen LogP contribution in [0.1, 0.15) is 32.6 Å². The first-order chi connectivity index (χ1) is 13.4. The molecule has 0 unspecified atom stereocenters. The molecule has 2 amide bonds. The molecule has 0 aliphatic heterocycles. The number of carbonyl (C=O) groups is 2. The molecule has 3 rings (SSSR count). The normalized spacial score (nSPS) is 10.4. The van der Waals surface area contributed by atoms with Crippen LogP contribution in [0, 0.1) is 20.8 Å². The number of aryl methyl sites for hydroxylation is 3. The minimum Gasteiger partial charge on any atom is -0.324 e. The van der Waals surface area contributed by atoms with Crippen LogP contribution in [0.3, 0.4) is 0 Å². The highest BCUT2D eigenvalue weighted by Crippen LogP contribution is 2.24. The molecule has 0 aliphatic rings. The van der Waals surface area contributed by atoms with Gasteiger partial charge in [-0.2, -0.15) is 0 Å². The van der Waals surface area contributed by atoms with Crippen LogP contribution in [-0.4, -0.2) is 11.8 Å². The van der Waals surface area contributed by atoms with Gasteiger partial charge in [0.25, 0.3) is 5.91 Å². The van der Waals surface area contributed by atoms with Gasteiger partial charge < -0.3 is 10.6 Å². The number of hydrogen-bond acceptors (Lipinski definition) is 2. The van der Waals surface area contributed by atoms with Gasteiger partial charge in [-0.05, 0) is 49.6 Å². The number of anilines is 2. The zero-order valence-corrected chi connectivity index (χ0v) is 16.4. The third-order valence-corrected chi connectivity index (χ3v) is 4.56. The third-order valence-electron chi connectivity index (χ3n) is 4.56. The first-order valence-electron chi connectivity index (χ1n) is 9.26. The van der Waals surface area contributed by atoms with E-state index in [1.54, 1.807) is 12.1 Å². The second-order valence-electron chi connectivity index (χ2n) is 6.98. The number of amides is 2. The summed E-state index contributed by atoms with van der Waals surface area (Å²) < 4.78 is 0. The van der Waals surface area contributed by atoms with Gasteiger partial charge in [-0.1, -0.05) is 60.2 Å². The minimum atomic E-state index is -0.181. The van der Waals surface area contributed by atoms with Crippen LogP contribution in [0.2, 0.25) is 0 Å². The molecule has 142 valence electrons. The number of benzene rings is 3. The predicted octanol–water partition coefficient (Wildman–Crippen LogP) is 5.05. The van der Waals surface area contributed by atoms with Crippen molar-refractivity contribution in [1.29, 1.82) is 0 Å². The molecule has 4 heteroatoms. The molecule has 0 aromatic heterocycles. The average molecular weight is 372 g/mol. The summed E-state index contributed by atoms with van der Waals surface area (Å²) in [5.41, 5.74) is 5.75. The third kappa shape index (κ3) is 4.65. The van der Waals surface area contributed by atoms with Crippen LogP contribution in [0.5, 0.6) is 0 Å². The van der Waals surface area contributed by atoms with E-state index in [9.17, 15) is 9.59 Å². The molecule has 0 spiro atoms. The highest BCUT2D eigenvalue weighted by molar-refractivity contribution is 6.09. The Bertz CT molecular complexity index is 987. The molecule has 0 aliphatic carbocycles.